The monoisotopic (exact) mass is 341 g/mol. The van der Waals surface area contributed by atoms with E-state index in [0.29, 0.717) is 29.3 Å². The molecular weight excluding hydrogens is 318 g/mol. The zero-order valence-corrected chi connectivity index (χ0v) is 14.2. The lowest BCUT2D eigenvalue weighted by Crippen LogP contribution is -2.22. The van der Waals surface area contributed by atoms with E-state index in [-0.39, 0.29) is 12.5 Å². The molecule has 132 valence electrons. The molecule has 0 bridgehead atoms. The fraction of sp³-hybridized carbons (Fsp3) is 0.263. The Bertz CT molecular complexity index is 731. The van der Waals surface area contributed by atoms with Gasteiger partial charge in [-0.05, 0) is 36.8 Å². The molecule has 0 fully saturated rings. The lowest BCUT2D eigenvalue weighted by Gasteiger charge is -2.13. The second-order valence-corrected chi connectivity index (χ2v) is 5.54. The van der Waals surface area contributed by atoms with Crippen molar-refractivity contribution in [1.29, 1.82) is 0 Å². The SMILES string of the molecule is CCCCOc1ccccc1NC(=O)CNc1cccc(C(N)=O)c1. The van der Waals surface area contributed by atoms with E-state index in [0.717, 1.165) is 12.8 Å². The number of nitrogens with two attached hydrogens (primary N) is 1. The molecule has 4 N–H and O–H groups in total. The second-order valence-electron chi connectivity index (χ2n) is 5.54. The third kappa shape index (κ3) is 5.84. The van der Waals surface area contributed by atoms with Crippen LogP contribution in [-0.2, 0) is 4.79 Å². The van der Waals surface area contributed by atoms with E-state index >= 15 is 0 Å². The molecule has 2 aromatic rings. The smallest absolute Gasteiger partial charge is 0.248 e. The highest BCUT2D eigenvalue weighted by atomic mass is 16.5. The van der Waals surface area contributed by atoms with Gasteiger partial charge in [-0.2, -0.15) is 0 Å². The Labute approximate surface area is 147 Å². The molecule has 0 aliphatic rings. The molecule has 0 radical (unpaired) electrons. The number of hydrogen-bond acceptors (Lipinski definition) is 4. The Morgan fingerprint density at radius 1 is 1.12 bits per heavy atom. The molecule has 0 spiro atoms. The summed E-state index contributed by atoms with van der Waals surface area (Å²) < 4.78 is 5.70. The Morgan fingerprint density at radius 3 is 2.68 bits per heavy atom. The number of hydrogen-bond donors (Lipinski definition) is 3. The van der Waals surface area contributed by atoms with Crippen molar-refractivity contribution < 1.29 is 14.3 Å². The Morgan fingerprint density at radius 2 is 1.92 bits per heavy atom. The molecule has 6 nitrogen and oxygen atoms in total. The average molecular weight is 341 g/mol. The van der Waals surface area contributed by atoms with Crippen LogP contribution in [0.2, 0.25) is 0 Å². The Hall–Kier alpha value is -3.02. The first kappa shape index (κ1) is 18.3. The number of benzene rings is 2. The minimum absolute atomic E-state index is 0.0610. The van der Waals surface area contributed by atoms with Crippen molar-refractivity contribution in [2.24, 2.45) is 5.73 Å². The first-order valence-corrected chi connectivity index (χ1v) is 8.25. The number of anilines is 2. The summed E-state index contributed by atoms with van der Waals surface area (Å²) >= 11 is 0. The van der Waals surface area contributed by atoms with Gasteiger partial charge in [-0.1, -0.05) is 31.5 Å². The fourth-order valence-electron chi connectivity index (χ4n) is 2.18. The lowest BCUT2D eigenvalue weighted by atomic mass is 10.2. The predicted molar refractivity (Wildman–Crippen MR) is 98.9 cm³/mol. The van der Waals surface area contributed by atoms with Crippen LogP contribution in [0.5, 0.6) is 5.75 Å². The van der Waals surface area contributed by atoms with Gasteiger partial charge in [-0.15, -0.1) is 0 Å². The first-order valence-electron chi connectivity index (χ1n) is 8.25. The average Bonchev–Trinajstić information content (AvgIpc) is 2.62. The number of primary amides is 1. The number of carbonyl (C=O) groups excluding carboxylic acids is 2. The summed E-state index contributed by atoms with van der Waals surface area (Å²) in [6, 6.07) is 14.0. The molecule has 2 aromatic carbocycles. The highest BCUT2D eigenvalue weighted by Crippen LogP contribution is 2.24. The van der Waals surface area contributed by atoms with Crippen molar-refractivity contribution in [3.05, 3.63) is 54.1 Å². The minimum Gasteiger partial charge on any atom is -0.491 e. The summed E-state index contributed by atoms with van der Waals surface area (Å²) in [6.07, 6.45) is 2.00. The largest absolute Gasteiger partial charge is 0.491 e. The molecule has 2 amide bonds. The third-order valence-corrected chi connectivity index (χ3v) is 3.52. The number of carbonyl (C=O) groups is 2. The number of para-hydroxylation sites is 2. The van der Waals surface area contributed by atoms with Crippen LogP contribution in [0.25, 0.3) is 0 Å². The summed E-state index contributed by atoms with van der Waals surface area (Å²) in [4.78, 5) is 23.3. The molecule has 6 heteroatoms. The van der Waals surface area contributed by atoms with E-state index in [1.807, 2.05) is 18.2 Å². The topological polar surface area (TPSA) is 93.4 Å². The highest BCUT2D eigenvalue weighted by Gasteiger charge is 2.08. The van der Waals surface area contributed by atoms with E-state index in [1.54, 1.807) is 30.3 Å². The summed E-state index contributed by atoms with van der Waals surface area (Å²) in [5.41, 5.74) is 6.92. The van der Waals surface area contributed by atoms with Crippen LogP contribution in [0, 0.1) is 0 Å². The molecule has 0 unspecified atom stereocenters. The molecule has 0 atom stereocenters. The van der Waals surface area contributed by atoms with Crippen molar-refractivity contribution in [2.45, 2.75) is 19.8 Å². The van der Waals surface area contributed by atoms with Crippen LogP contribution >= 0.6 is 0 Å². The Kier molecular flexibility index (Phi) is 6.83. The van der Waals surface area contributed by atoms with Gasteiger partial charge in [0.05, 0.1) is 18.8 Å². The number of unbranched alkanes of at least 4 members (excludes halogenated alkanes) is 1. The van der Waals surface area contributed by atoms with Crippen molar-refractivity contribution in [2.75, 3.05) is 23.8 Å². The summed E-state index contributed by atoms with van der Waals surface area (Å²) in [5.74, 6) is -0.0673. The second kappa shape index (κ2) is 9.32. The van der Waals surface area contributed by atoms with Gasteiger partial charge in [-0.3, -0.25) is 9.59 Å². The van der Waals surface area contributed by atoms with Gasteiger partial charge in [0.1, 0.15) is 5.75 Å². The van der Waals surface area contributed by atoms with Gasteiger partial charge >= 0.3 is 0 Å². The van der Waals surface area contributed by atoms with Crippen molar-refractivity contribution >= 4 is 23.2 Å². The van der Waals surface area contributed by atoms with Crippen molar-refractivity contribution in [3.8, 4) is 5.75 Å². The van der Waals surface area contributed by atoms with Crippen LogP contribution in [0.1, 0.15) is 30.1 Å². The molecule has 25 heavy (non-hydrogen) atoms. The zero-order valence-electron chi connectivity index (χ0n) is 14.2. The quantitative estimate of drug-likeness (QED) is 0.611. The van der Waals surface area contributed by atoms with E-state index in [9.17, 15) is 9.59 Å². The summed E-state index contributed by atoms with van der Waals surface area (Å²) in [5, 5.41) is 5.80. The van der Waals surface area contributed by atoms with Crippen LogP contribution in [0.3, 0.4) is 0 Å². The van der Waals surface area contributed by atoms with Crippen LogP contribution in [0.4, 0.5) is 11.4 Å². The molecule has 0 aromatic heterocycles. The normalized spacial score (nSPS) is 10.1. The highest BCUT2D eigenvalue weighted by molar-refractivity contribution is 5.96. The van der Waals surface area contributed by atoms with Crippen LogP contribution in [0.15, 0.2) is 48.5 Å². The number of amides is 2. The van der Waals surface area contributed by atoms with Crippen molar-refractivity contribution in [1.82, 2.24) is 0 Å². The molecular formula is C19H23N3O3. The van der Waals surface area contributed by atoms with Crippen molar-refractivity contribution in [3.63, 3.8) is 0 Å². The standard InChI is InChI=1S/C19H23N3O3/c1-2-3-11-25-17-10-5-4-9-16(17)22-18(23)13-21-15-8-6-7-14(12-15)19(20)24/h4-10,12,21H,2-3,11,13H2,1H3,(H2,20,24)(H,22,23). The van der Waals surface area contributed by atoms with E-state index in [4.69, 9.17) is 10.5 Å². The van der Waals surface area contributed by atoms with Gasteiger partial charge in [0.15, 0.2) is 0 Å². The van der Waals surface area contributed by atoms with E-state index < -0.39 is 5.91 Å². The molecule has 0 saturated heterocycles. The molecule has 0 aliphatic carbocycles. The summed E-state index contributed by atoms with van der Waals surface area (Å²) in [6.45, 7) is 2.77. The van der Waals surface area contributed by atoms with E-state index in [1.165, 1.54) is 0 Å². The third-order valence-electron chi connectivity index (χ3n) is 3.52. The minimum atomic E-state index is -0.508. The maximum atomic E-state index is 12.2. The lowest BCUT2D eigenvalue weighted by molar-refractivity contribution is -0.114. The van der Waals surface area contributed by atoms with Crippen LogP contribution < -0.4 is 21.1 Å². The zero-order chi connectivity index (χ0) is 18.1. The fourth-order valence-corrected chi connectivity index (χ4v) is 2.18. The van der Waals surface area contributed by atoms with Gasteiger partial charge in [0.25, 0.3) is 0 Å². The Balaban J connectivity index is 1.92. The molecule has 0 heterocycles. The van der Waals surface area contributed by atoms with Gasteiger partial charge in [-0.25, -0.2) is 0 Å². The van der Waals surface area contributed by atoms with Gasteiger partial charge < -0.3 is 21.1 Å². The molecule has 0 saturated carbocycles. The predicted octanol–water partition coefficient (Wildman–Crippen LogP) is 3.02. The van der Waals surface area contributed by atoms with Crippen LogP contribution in [-0.4, -0.2) is 25.0 Å². The van der Waals surface area contributed by atoms with E-state index in [2.05, 4.69) is 17.6 Å². The first-order chi connectivity index (χ1) is 12.1. The number of ether oxygens (including phenoxy) is 1. The van der Waals surface area contributed by atoms with Gasteiger partial charge in [0.2, 0.25) is 11.8 Å². The number of rotatable bonds is 9. The van der Waals surface area contributed by atoms with Gasteiger partial charge in [0, 0.05) is 11.3 Å². The number of nitrogens with one attached hydrogen (secondary N) is 2. The molecule has 0 aliphatic heterocycles. The molecule has 2 rings (SSSR count). The maximum absolute atomic E-state index is 12.2. The summed E-state index contributed by atoms with van der Waals surface area (Å²) in [7, 11) is 0. The maximum Gasteiger partial charge on any atom is 0.248 e.